The molecule has 0 heterocycles. The van der Waals surface area contributed by atoms with Gasteiger partial charge in [-0.25, -0.2) is 9.00 Å². The number of hydrogen-bond acceptors (Lipinski definition) is 4. The number of hydrogen-bond donors (Lipinski definition) is 0. The topological polar surface area (TPSA) is 66.4 Å². The molecule has 0 aliphatic heterocycles. The molecule has 74 valence electrons. The summed E-state index contributed by atoms with van der Waals surface area (Å²) in [4.78, 5) is 10.7. The van der Waals surface area contributed by atoms with Crippen LogP contribution in [-0.2, 0) is 20.3 Å². The van der Waals surface area contributed by atoms with Gasteiger partial charge in [0.2, 0.25) is 0 Å². The van der Waals surface area contributed by atoms with Gasteiger partial charge in [0, 0.05) is 6.08 Å². The van der Waals surface area contributed by atoms with Crippen LogP contribution < -0.4 is 0 Å². The fourth-order valence-electron chi connectivity index (χ4n) is 0.823. The smallest absolute Gasteiger partial charge is 0.344 e. The molecule has 0 N–H and O–H groups in total. The van der Waals surface area contributed by atoms with E-state index in [1.807, 2.05) is 6.07 Å². The van der Waals surface area contributed by atoms with Crippen molar-refractivity contribution in [1.29, 1.82) is 0 Å². The molecule has 0 aromatic heterocycles. The number of benzene rings is 1. The maximum Gasteiger partial charge on any atom is 0.344 e. The van der Waals surface area contributed by atoms with E-state index in [0.29, 0.717) is 0 Å². The highest BCUT2D eigenvalue weighted by molar-refractivity contribution is 7.74. The second-order valence-electron chi connectivity index (χ2n) is 2.35. The molecule has 1 aromatic carbocycles. The first-order valence-electron chi connectivity index (χ1n) is 3.73. The Morgan fingerprint density at radius 1 is 1.36 bits per heavy atom. The van der Waals surface area contributed by atoms with Crippen molar-refractivity contribution in [2.24, 2.45) is 0 Å². The van der Waals surface area contributed by atoms with Crippen LogP contribution in [0.3, 0.4) is 0 Å². The summed E-state index contributed by atoms with van der Waals surface area (Å²) < 4.78 is 23.8. The van der Waals surface area contributed by atoms with Gasteiger partial charge in [0.05, 0.1) is 0 Å². The predicted octanol–water partition coefficient (Wildman–Crippen LogP) is 1.04. The highest BCUT2D eigenvalue weighted by Crippen LogP contribution is 2.01. The summed E-state index contributed by atoms with van der Waals surface area (Å²) in [6.07, 6.45) is 2.51. The van der Waals surface area contributed by atoms with Crippen molar-refractivity contribution in [2.75, 3.05) is 0 Å². The van der Waals surface area contributed by atoms with Crippen molar-refractivity contribution in [1.82, 2.24) is 0 Å². The zero-order valence-corrected chi connectivity index (χ0v) is 7.90. The summed E-state index contributed by atoms with van der Waals surface area (Å²) >= 11 is -2.80. The molecule has 0 spiro atoms. The fourth-order valence-corrected chi connectivity index (χ4v) is 1.01. The number of rotatable bonds is 3. The zero-order chi connectivity index (χ0) is 10.4. The molecule has 5 heteroatoms. The lowest BCUT2D eigenvalue weighted by atomic mass is 10.2. The minimum absolute atomic E-state index is 0.793. The molecule has 0 aliphatic carbocycles. The van der Waals surface area contributed by atoms with Gasteiger partial charge in [0.25, 0.3) is 0 Å². The average molecular weight is 211 g/mol. The lowest BCUT2D eigenvalue weighted by molar-refractivity contribution is -0.128. The van der Waals surface area contributed by atoms with Gasteiger partial charge in [-0.1, -0.05) is 30.3 Å². The molecule has 0 saturated heterocycles. The molecule has 1 aromatic rings. The van der Waals surface area contributed by atoms with Crippen LogP contribution in [0.4, 0.5) is 0 Å². The fraction of sp³-hybridized carbons (Fsp3) is 0. The predicted molar refractivity (Wildman–Crippen MR) is 50.5 cm³/mol. The maximum atomic E-state index is 10.7. The largest absolute Gasteiger partial charge is 0.740 e. The first-order chi connectivity index (χ1) is 6.68. The van der Waals surface area contributed by atoms with E-state index in [4.69, 9.17) is 0 Å². The van der Waals surface area contributed by atoms with Crippen LogP contribution in [0, 0.1) is 0 Å². The molecule has 0 saturated carbocycles. The standard InChI is InChI=1S/C9H8O4S/c10-9(13-14(11)12)7-6-8-4-2-1-3-5-8/h1-7H,(H,11,12)/p-1/b7-6+. The SMILES string of the molecule is O=C(/C=C/c1ccccc1)OS(=O)[O-]. The molecule has 0 aliphatic rings. The Bertz CT molecular complexity index is 358. The molecular formula is C9H7O4S-. The van der Waals surface area contributed by atoms with Crippen molar-refractivity contribution >= 4 is 23.4 Å². The van der Waals surface area contributed by atoms with Gasteiger partial charge in [-0.2, -0.15) is 0 Å². The first-order valence-corrected chi connectivity index (χ1v) is 4.73. The van der Waals surface area contributed by atoms with E-state index in [0.717, 1.165) is 11.6 Å². The van der Waals surface area contributed by atoms with Gasteiger partial charge in [-0.05, 0) is 11.6 Å². The molecule has 4 nitrogen and oxygen atoms in total. The van der Waals surface area contributed by atoms with Gasteiger partial charge < -0.3 is 8.74 Å². The highest BCUT2D eigenvalue weighted by Gasteiger charge is 1.95. The van der Waals surface area contributed by atoms with Crippen LogP contribution in [-0.4, -0.2) is 14.7 Å². The van der Waals surface area contributed by atoms with Gasteiger partial charge in [-0.3, -0.25) is 0 Å². The minimum atomic E-state index is -2.80. The molecule has 14 heavy (non-hydrogen) atoms. The van der Waals surface area contributed by atoms with Crippen molar-refractivity contribution < 1.29 is 17.7 Å². The van der Waals surface area contributed by atoms with Crippen LogP contribution >= 0.6 is 0 Å². The summed E-state index contributed by atoms with van der Waals surface area (Å²) in [6.45, 7) is 0. The Balaban J connectivity index is 2.56. The van der Waals surface area contributed by atoms with Crippen LogP contribution in [0.25, 0.3) is 6.08 Å². The van der Waals surface area contributed by atoms with E-state index < -0.39 is 17.3 Å². The Hall–Kier alpha value is -1.46. The molecule has 0 amide bonds. The quantitative estimate of drug-likeness (QED) is 0.553. The summed E-state index contributed by atoms with van der Waals surface area (Å²) in [5.74, 6) is -0.915. The molecule has 0 radical (unpaired) electrons. The normalized spacial score (nSPS) is 12.6. The van der Waals surface area contributed by atoms with E-state index in [1.165, 1.54) is 6.08 Å². The third-order valence-corrected chi connectivity index (χ3v) is 1.66. The Morgan fingerprint density at radius 2 is 2.00 bits per heavy atom. The van der Waals surface area contributed by atoms with Crippen LogP contribution in [0.5, 0.6) is 0 Å². The van der Waals surface area contributed by atoms with Gasteiger partial charge in [0.1, 0.15) is 11.4 Å². The van der Waals surface area contributed by atoms with Crippen LogP contribution in [0.15, 0.2) is 36.4 Å². The zero-order valence-electron chi connectivity index (χ0n) is 7.08. The molecule has 1 unspecified atom stereocenters. The van der Waals surface area contributed by atoms with Crippen molar-refractivity contribution in [3.63, 3.8) is 0 Å². The number of carbonyl (C=O) groups is 1. The molecule has 0 fully saturated rings. The second-order valence-corrected chi connectivity index (χ2v) is 2.93. The summed E-state index contributed by atoms with van der Waals surface area (Å²) in [6, 6.07) is 8.99. The van der Waals surface area contributed by atoms with Crippen LogP contribution in [0.1, 0.15) is 5.56 Å². The van der Waals surface area contributed by atoms with E-state index >= 15 is 0 Å². The third kappa shape index (κ3) is 3.97. The lowest BCUT2D eigenvalue weighted by Crippen LogP contribution is -2.02. The average Bonchev–Trinajstić information content (AvgIpc) is 2.15. The summed E-state index contributed by atoms with van der Waals surface area (Å²) in [7, 11) is 0. The first kappa shape index (κ1) is 10.6. The molecule has 0 bridgehead atoms. The van der Waals surface area contributed by atoms with Gasteiger partial charge in [0.15, 0.2) is 0 Å². The Morgan fingerprint density at radius 3 is 2.57 bits per heavy atom. The lowest BCUT2D eigenvalue weighted by Gasteiger charge is -2.01. The Kier molecular flexibility index (Phi) is 4.03. The highest BCUT2D eigenvalue weighted by atomic mass is 32.2. The molecule has 1 atom stereocenters. The van der Waals surface area contributed by atoms with Crippen molar-refractivity contribution in [3.8, 4) is 0 Å². The van der Waals surface area contributed by atoms with Gasteiger partial charge in [-0.15, -0.1) is 0 Å². The Labute approximate surface area is 83.7 Å². The minimum Gasteiger partial charge on any atom is -0.740 e. The summed E-state index contributed by atoms with van der Waals surface area (Å²) in [5, 5.41) is 0. The van der Waals surface area contributed by atoms with E-state index in [-0.39, 0.29) is 0 Å². The monoisotopic (exact) mass is 211 g/mol. The van der Waals surface area contributed by atoms with Crippen LogP contribution in [0.2, 0.25) is 0 Å². The van der Waals surface area contributed by atoms with E-state index in [9.17, 15) is 13.6 Å². The van der Waals surface area contributed by atoms with Gasteiger partial charge >= 0.3 is 5.97 Å². The summed E-state index contributed by atoms with van der Waals surface area (Å²) in [5.41, 5.74) is 0.793. The second kappa shape index (κ2) is 5.31. The van der Waals surface area contributed by atoms with E-state index in [2.05, 4.69) is 4.18 Å². The van der Waals surface area contributed by atoms with Crippen molar-refractivity contribution in [2.45, 2.75) is 0 Å². The molecule has 1 rings (SSSR count). The third-order valence-electron chi connectivity index (χ3n) is 1.36. The van der Waals surface area contributed by atoms with E-state index in [1.54, 1.807) is 24.3 Å². The maximum absolute atomic E-state index is 10.7. The van der Waals surface area contributed by atoms with Crippen molar-refractivity contribution in [3.05, 3.63) is 42.0 Å². The molecular weight excluding hydrogens is 204 g/mol. The number of carbonyl (C=O) groups excluding carboxylic acids is 1.